The largest absolute Gasteiger partial charge is 0.497 e. The van der Waals surface area contributed by atoms with Crippen molar-refractivity contribution in [3.63, 3.8) is 0 Å². The van der Waals surface area contributed by atoms with Crippen LogP contribution in [0.4, 0.5) is 0 Å². The van der Waals surface area contributed by atoms with Crippen LogP contribution in [0, 0.1) is 5.41 Å². The monoisotopic (exact) mass is 428 g/mol. The van der Waals surface area contributed by atoms with Gasteiger partial charge in [0.2, 0.25) is 17.7 Å². The first-order valence-corrected chi connectivity index (χ1v) is 11.3. The molecule has 7 heteroatoms. The molecule has 3 amide bonds. The second-order valence-electron chi connectivity index (χ2n) is 9.16. The number of nitrogens with zero attached hydrogens (tertiary/aromatic N) is 1. The highest BCUT2D eigenvalue weighted by Gasteiger charge is 2.52. The first-order valence-electron chi connectivity index (χ1n) is 11.3. The van der Waals surface area contributed by atoms with Gasteiger partial charge in [0, 0.05) is 44.6 Å². The van der Waals surface area contributed by atoms with Crippen molar-refractivity contribution >= 4 is 17.7 Å². The van der Waals surface area contributed by atoms with E-state index in [0.29, 0.717) is 26.2 Å². The zero-order chi connectivity index (χ0) is 21.9. The highest BCUT2D eigenvalue weighted by molar-refractivity contribution is 6.06. The molecule has 4 rings (SSSR count). The highest BCUT2D eigenvalue weighted by atomic mass is 16.5. The highest BCUT2D eigenvalue weighted by Crippen LogP contribution is 2.46. The Bertz CT molecular complexity index is 823. The summed E-state index contributed by atoms with van der Waals surface area (Å²) in [6, 6.07) is 7.99. The summed E-state index contributed by atoms with van der Waals surface area (Å²) in [5, 5.41) is 3.06. The minimum Gasteiger partial charge on any atom is -0.497 e. The van der Waals surface area contributed by atoms with Gasteiger partial charge in [0.1, 0.15) is 5.75 Å². The van der Waals surface area contributed by atoms with Crippen LogP contribution in [-0.2, 0) is 24.5 Å². The van der Waals surface area contributed by atoms with Crippen LogP contribution in [0.5, 0.6) is 5.75 Å². The Morgan fingerprint density at radius 3 is 2.42 bits per heavy atom. The molecule has 168 valence electrons. The maximum absolute atomic E-state index is 12.8. The van der Waals surface area contributed by atoms with Gasteiger partial charge in [-0.3, -0.25) is 19.3 Å². The Morgan fingerprint density at radius 2 is 1.77 bits per heavy atom. The van der Waals surface area contributed by atoms with Gasteiger partial charge < -0.3 is 14.8 Å². The van der Waals surface area contributed by atoms with Crippen molar-refractivity contribution < 1.29 is 23.9 Å². The maximum Gasteiger partial charge on any atom is 0.235 e. The third-order valence-electron chi connectivity index (χ3n) is 7.39. The van der Waals surface area contributed by atoms with Crippen LogP contribution in [0.25, 0.3) is 0 Å². The molecule has 1 saturated carbocycles. The van der Waals surface area contributed by atoms with Crippen LogP contribution in [0.1, 0.15) is 56.9 Å². The summed E-state index contributed by atoms with van der Waals surface area (Å²) in [5.74, 6) is 0.475. The lowest BCUT2D eigenvalue weighted by molar-refractivity contribution is -0.141. The van der Waals surface area contributed by atoms with E-state index in [2.05, 4.69) is 17.4 Å². The van der Waals surface area contributed by atoms with E-state index in [-0.39, 0.29) is 36.1 Å². The Morgan fingerprint density at radius 1 is 1.10 bits per heavy atom. The standard InChI is InChI=1S/C24H32N2O5/c1-30-19-6-4-18(5-7-19)24(11-14-31-15-12-24)17-25-20(27)8-13-26-21(28)16-23(22(26)29)9-2-3-10-23/h4-7H,2-3,8-17H2,1H3,(H,25,27). The number of nitrogens with one attached hydrogen (secondary N) is 1. The second-order valence-corrected chi connectivity index (χ2v) is 9.16. The van der Waals surface area contributed by atoms with E-state index in [1.807, 2.05) is 12.1 Å². The number of hydrogen-bond donors (Lipinski definition) is 1. The predicted octanol–water partition coefficient (Wildman–Crippen LogP) is 2.57. The molecule has 3 fully saturated rings. The summed E-state index contributed by atoms with van der Waals surface area (Å²) in [7, 11) is 1.64. The van der Waals surface area contributed by atoms with E-state index >= 15 is 0 Å². The van der Waals surface area contributed by atoms with Gasteiger partial charge in [0.25, 0.3) is 0 Å². The molecule has 2 saturated heterocycles. The summed E-state index contributed by atoms with van der Waals surface area (Å²) >= 11 is 0. The SMILES string of the molecule is COc1ccc(C2(CNC(=O)CCN3C(=O)CC4(CCCC4)C3=O)CCOCC2)cc1. The molecule has 7 nitrogen and oxygen atoms in total. The van der Waals surface area contributed by atoms with E-state index in [4.69, 9.17) is 9.47 Å². The lowest BCUT2D eigenvalue weighted by Gasteiger charge is -2.38. The van der Waals surface area contributed by atoms with Crippen LogP contribution in [-0.4, -0.2) is 56.0 Å². The van der Waals surface area contributed by atoms with E-state index in [1.54, 1.807) is 7.11 Å². The summed E-state index contributed by atoms with van der Waals surface area (Å²) in [4.78, 5) is 39.1. The van der Waals surface area contributed by atoms with Crippen molar-refractivity contribution in [3.8, 4) is 5.75 Å². The minimum atomic E-state index is -0.478. The predicted molar refractivity (Wildman–Crippen MR) is 115 cm³/mol. The first-order chi connectivity index (χ1) is 15.0. The number of carbonyl (C=O) groups is 3. The quantitative estimate of drug-likeness (QED) is 0.675. The van der Waals surface area contributed by atoms with Gasteiger partial charge in [-0.2, -0.15) is 0 Å². The fraction of sp³-hybridized carbons (Fsp3) is 0.625. The Hall–Kier alpha value is -2.41. The summed E-state index contributed by atoms with van der Waals surface area (Å²) in [5.41, 5.74) is 0.492. The maximum atomic E-state index is 12.8. The van der Waals surface area contributed by atoms with Gasteiger partial charge in [0.05, 0.1) is 12.5 Å². The van der Waals surface area contributed by atoms with Crippen molar-refractivity contribution in [1.29, 1.82) is 0 Å². The number of rotatable bonds is 7. The average molecular weight is 429 g/mol. The number of methoxy groups -OCH3 is 1. The zero-order valence-corrected chi connectivity index (χ0v) is 18.3. The fourth-order valence-electron chi connectivity index (χ4n) is 5.37. The molecule has 31 heavy (non-hydrogen) atoms. The van der Waals surface area contributed by atoms with Crippen molar-refractivity contribution in [2.45, 2.75) is 56.8 Å². The number of benzene rings is 1. The second kappa shape index (κ2) is 8.99. The van der Waals surface area contributed by atoms with Gasteiger partial charge in [-0.05, 0) is 43.4 Å². The van der Waals surface area contributed by atoms with Crippen LogP contribution < -0.4 is 10.1 Å². The molecule has 0 atom stereocenters. The molecule has 1 N–H and O–H groups in total. The number of hydrogen-bond acceptors (Lipinski definition) is 5. The van der Waals surface area contributed by atoms with E-state index in [0.717, 1.165) is 49.8 Å². The van der Waals surface area contributed by atoms with Crippen LogP contribution in [0.3, 0.4) is 0 Å². The van der Waals surface area contributed by atoms with Crippen LogP contribution >= 0.6 is 0 Å². The Balaban J connectivity index is 1.35. The lowest BCUT2D eigenvalue weighted by Crippen LogP contribution is -2.45. The Kier molecular flexibility index (Phi) is 6.32. The third kappa shape index (κ3) is 4.33. The summed E-state index contributed by atoms with van der Waals surface area (Å²) in [6.45, 7) is 1.98. The molecule has 1 spiro atoms. The smallest absolute Gasteiger partial charge is 0.235 e. The van der Waals surface area contributed by atoms with Crippen molar-refractivity contribution in [3.05, 3.63) is 29.8 Å². The number of carbonyl (C=O) groups excluding carboxylic acids is 3. The normalized spacial score (nSPS) is 22.2. The van der Waals surface area contributed by atoms with Crippen molar-refractivity contribution in [2.75, 3.05) is 33.4 Å². The van der Waals surface area contributed by atoms with Gasteiger partial charge in [-0.15, -0.1) is 0 Å². The number of amides is 3. The summed E-state index contributed by atoms with van der Waals surface area (Å²) in [6.07, 6.45) is 5.71. The molecule has 0 bridgehead atoms. The van der Waals surface area contributed by atoms with Crippen LogP contribution in [0.2, 0.25) is 0 Å². The molecule has 1 aromatic carbocycles. The topological polar surface area (TPSA) is 84.9 Å². The fourth-order valence-corrected chi connectivity index (χ4v) is 5.37. The van der Waals surface area contributed by atoms with E-state index in [9.17, 15) is 14.4 Å². The van der Waals surface area contributed by atoms with Gasteiger partial charge in [-0.1, -0.05) is 25.0 Å². The average Bonchev–Trinajstić information content (AvgIpc) is 3.36. The van der Waals surface area contributed by atoms with Crippen LogP contribution in [0.15, 0.2) is 24.3 Å². The van der Waals surface area contributed by atoms with E-state index < -0.39 is 5.41 Å². The number of ether oxygens (including phenoxy) is 2. The molecule has 3 aliphatic rings. The molecule has 1 aromatic rings. The molecule has 0 aromatic heterocycles. The van der Waals surface area contributed by atoms with Crippen molar-refractivity contribution in [1.82, 2.24) is 10.2 Å². The third-order valence-corrected chi connectivity index (χ3v) is 7.39. The van der Waals surface area contributed by atoms with Gasteiger partial charge in [0.15, 0.2) is 0 Å². The molecular formula is C24H32N2O5. The number of imide groups is 1. The molecule has 1 aliphatic carbocycles. The van der Waals surface area contributed by atoms with Gasteiger partial charge in [-0.25, -0.2) is 0 Å². The first kappa shape index (κ1) is 21.8. The molecule has 2 heterocycles. The zero-order valence-electron chi connectivity index (χ0n) is 18.3. The number of likely N-dealkylation sites (tertiary alicyclic amines) is 1. The molecule has 2 aliphatic heterocycles. The molecular weight excluding hydrogens is 396 g/mol. The summed E-state index contributed by atoms with van der Waals surface area (Å²) < 4.78 is 10.8. The van der Waals surface area contributed by atoms with E-state index in [1.165, 1.54) is 4.90 Å². The molecule has 0 unspecified atom stereocenters. The minimum absolute atomic E-state index is 0.0677. The lowest BCUT2D eigenvalue weighted by atomic mass is 9.74. The molecule has 0 radical (unpaired) electrons. The van der Waals surface area contributed by atoms with Gasteiger partial charge >= 0.3 is 0 Å². The Labute approximate surface area is 183 Å². The van der Waals surface area contributed by atoms with Crippen molar-refractivity contribution in [2.24, 2.45) is 5.41 Å².